The maximum absolute atomic E-state index is 12.7. The number of benzene rings is 2. The summed E-state index contributed by atoms with van der Waals surface area (Å²) in [5, 5.41) is 0.534. The second-order valence-electron chi connectivity index (χ2n) is 3.21. The van der Waals surface area contributed by atoms with Crippen LogP contribution in [-0.2, 0) is 0 Å². The predicted molar refractivity (Wildman–Crippen MR) is 66.4 cm³/mol. The Morgan fingerprint density at radius 1 is 1.06 bits per heavy atom. The van der Waals surface area contributed by atoms with Crippen molar-refractivity contribution in [2.75, 3.05) is 5.73 Å². The summed E-state index contributed by atoms with van der Waals surface area (Å²) >= 11 is 7.37. The van der Waals surface area contributed by atoms with Gasteiger partial charge in [0.25, 0.3) is 0 Å². The minimum Gasteiger partial charge on any atom is -0.397 e. The van der Waals surface area contributed by atoms with Crippen LogP contribution < -0.4 is 5.73 Å². The summed E-state index contributed by atoms with van der Waals surface area (Å²) < 4.78 is 12.7. The number of rotatable bonds is 2. The zero-order chi connectivity index (χ0) is 11.5. The van der Waals surface area contributed by atoms with Gasteiger partial charge in [0.05, 0.1) is 10.7 Å². The predicted octanol–water partition coefficient (Wildman–Crippen LogP) is 4.21. The lowest BCUT2D eigenvalue weighted by Crippen LogP contribution is -1.89. The number of hydrogen-bond donors (Lipinski definition) is 1. The maximum Gasteiger partial charge on any atom is 0.123 e. The Balaban J connectivity index is 2.27. The molecule has 2 rings (SSSR count). The van der Waals surface area contributed by atoms with Gasteiger partial charge in [-0.3, -0.25) is 0 Å². The number of nitrogens with two attached hydrogens (primary N) is 1. The van der Waals surface area contributed by atoms with E-state index in [1.807, 2.05) is 12.1 Å². The van der Waals surface area contributed by atoms with Gasteiger partial charge in [-0.25, -0.2) is 4.39 Å². The van der Waals surface area contributed by atoms with Gasteiger partial charge in [0.2, 0.25) is 0 Å². The van der Waals surface area contributed by atoms with Crippen LogP contribution in [0, 0.1) is 5.82 Å². The van der Waals surface area contributed by atoms with E-state index >= 15 is 0 Å². The summed E-state index contributed by atoms with van der Waals surface area (Å²) in [5.74, 6) is -0.247. The molecule has 0 saturated carbocycles. The Kier molecular flexibility index (Phi) is 3.36. The Morgan fingerprint density at radius 2 is 1.75 bits per heavy atom. The lowest BCUT2D eigenvalue weighted by atomic mass is 10.3. The first-order valence-corrected chi connectivity index (χ1v) is 5.83. The minimum absolute atomic E-state index is 0.247. The lowest BCUT2D eigenvalue weighted by Gasteiger charge is -2.06. The zero-order valence-electron chi connectivity index (χ0n) is 8.28. The third-order valence-corrected chi connectivity index (χ3v) is 3.47. The molecule has 0 aliphatic carbocycles. The number of hydrogen-bond acceptors (Lipinski definition) is 2. The first-order chi connectivity index (χ1) is 7.66. The van der Waals surface area contributed by atoms with E-state index < -0.39 is 0 Å². The third-order valence-electron chi connectivity index (χ3n) is 2.05. The highest BCUT2D eigenvalue weighted by atomic mass is 35.5. The van der Waals surface area contributed by atoms with Gasteiger partial charge in [-0.15, -0.1) is 0 Å². The van der Waals surface area contributed by atoms with Crippen molar-refractivity contribution in [2.24, 2.45) is 0 Å². The summed E-state index contributed by atoms with van der Waals surface area (Å²) in [5.41, 5.74) is 6.39. The van der Waals surface area contributed by atoms with E-state index in [2.05, 4.69) is 0 Å². The molecule has 0 heterocycles. The van der Waals surface area contributed by atoms with E-state index in [1.165, 1.54) is 23.9 Å². The zero-order valence-corrected chi connectivity index (χ0v) is 9.86. The fourth-order valence-corrected chi connectivity index (χ4v) is 2.36. The van der Waals surface area contributed by atoms with E-state index in [0.29, 0.717) is 10.7 Å². The van der Waals surface area contributed by atoms with Crippen molar-refractivity contribution in [3.63, 3.8) is 0 Å². The van der Waals surface area contributed by atoms with Crippen LogP contribution in [0.3, 0.4) is 0 Å². The van der Waals surface area contributed by atoms with Crippen molar-refractivity contribution < 1.29 is 4.39 Å². The average molecular weight is 254 g/mol. The number of nitrogen functional groups attached to an aromatic ring is 1. The fourth-order valence-electron chi connectivity index (χ4n) is 1.24. The first kappa shape index (κ1) is 11.3. The highest BCUT2D eigenvalue weighted by Gasteiger charge is 2.04. The molecule has 2 N–H and O–H groups in total. The second kappa shape index (κ2) is 4.76. The number of halogens is 2. The molecule has 2 aromatic rings. The molecule has 2 aromatic carbocycles. The molecule has 0 bridgehead atoms. The topological polar surface area (TPSA) is 26.0 Å². The van der Waals surface area contributed by atoms with Gasteiger partial charge in [-0.2, -0.15) is 0 Å². The van der Waals surface area contributed by atoms with Crippen LogP contribution >= 0.6 is 23.4 Å². The van der Waals surface area contributed by atoms with Crippen LogP contribution in [0.15, 0.2) is 52.3 Å². The summed E-state index contributed by atoms with van der Waals surface area (Å²) in [6, 6.07) is 11.7. The average Bonchev–Trinajstić information content (AvgIpc) is 2.28. The standard InChI is InChI=1S/C12H9ClFNS/c13-10-2-1-3-11(12(10)15)16-9-6-4-8(14)5-7-9/h1-7H,15H2. The molecule has 0 spiro atoms. The minimum atomic E-state index is -0.247. The van der Waals surface area contributed by atoms with Crippen LogP contribution in [0.25, 0.3) is 0 Å². The molecule has 0 amide bonds. The lowest BCUT2D eigenvalue weighted by molar-refractivity contribution is 0.626. The molecule has 1 nitrogen and oxygen atoms in total. The molecule has 0 radical (unpaired) electrons. The monoisotopic (exact) mass is 253 g/mol. The van der Waals surface area contributed by atoms with Crippen molar-refractivity contribution in [3.8, 4) is 0 Å². The molecule has 0 saturated heterocycles. The molecule has 16 heavy (non-hydrogen) atoms. The molecule has 0 aliphatic heterocycles. The van der Waals surface area contributed by atoms with Crippen molar-refractivity contribution >= 4 is 29.1 Å². The Hall–Kier alpha value is -1.19. The normalized spacial score (nSPS) is 10.4. The van der Waals surface area contributed by atoms with Gasteiger partial charge >= 0.3 is 0 Å². The smallest absolute Gasteiger partial charge is 0.123 e. The second-order valence-corrected chi connectivity index (χ2v) is 4.73. The Bertz CT molecular complexity index is 499. The Labute approximate surface area is 102 Å². The van der Waals surface area contributed by atoms with Crippen LogP contribution in [0.2, 0.25) is 5.02 Å². The van der Waals surface area contributed by atoms with E-state index in [0.717, 1.165) is 9.79 Å². The molecule has 4 heteroatoms. The van der Waals surface area contributed by atoms with E-state index in [9.17, 15) is 4.39 Å². The van der Waals surface area contributed by atoms with Gasteiger partial charge in [-0.05, 0) is 36.4 Å². The summed E-state index contributed by atoms with van der Waals surface area (Å²) in [6.07, 6.45) is 0. The van der Waals surface area contributed by atoms with Gasteiger partial charge < -0.3 is 5.73 Å². The van der Waals surface area contributed by atoms with Gasteiger partial charge in [0.1, 0.15) is 5.82 Å². The van der Waals surface area contributed by atoms with E-state index in [4.69, 9.17) is 17.3 Å². The van der Waals surface area contributed by atoms with Crippen molar-refractivity contribution in [3.05, 3.63) is 53.3 Å². The number of anilines is 1. The quantitative estimate of drug-likeness (QED) is 0.812. The van der Waals surface area contributed by atoms with Crippen LogP contribution in [-0.4, -0.2) is 0 Å². The molecule has 82 valence electrons. The van der Waals surface area contributed by atoms with Crippen LogP contribution in [0.5, 0.6) is 0 Å². The largest absolute Gasteiger partial charge is 0.397 e. The van der Waals surface area contributed by atoms with Crippen molar-refractivity contribution in [1.29, 1.82) is 0 Å². The summed E-state index contributed by atoms with van der Waals surface area (Å²) in [7, 11) is 0. The first-order valence-electron chi connectivity index (χ1n) is 4.64. The van der Waals surface area contributed by atoms with Gasteiger partial charge in [-0.1, -0.05) is 29.4 Å². The van der Waals surface area contributed by atoms with E-state index in [1.54, 1.807) is 18.2 Å². The molecular formula is C12H9ClFNS. The van der Waals surface area contributed by atoms with Gasteiger partial charge in [0, 0.05) is 9.79 Å². The molecular weight excluding hydrogens is 245 g/mol. The van der Waals surface area contributed by atoms with E-state index in [-0.39, 0.29) is 5.82 Å². The van der Waals surface area contributed by atoms with Gasteiger partial charge in [0.15, 0.2) is 0 Å². The molecule has 0 fully saturated rings. The van der Waals surface area contributed by atoms with Crippen molar-refractivity contribution in [2.45, 2.75) is 9.79 Å². The Morgan fingerprint density at radius 3 is 2.44 bits per heavy atom. The molecule has 0 aliphatic rings. The van der Waals surface area contributed by atoms with Crippen LogP contribution in [0.4, 0.5) is 10.1 Å². The van der Waals surface area contributed by atoms with Crippen molar-refractivity contribution in [1.82, 2.24) is 0 Å². The summed E-state index contributed by atoms with van der Waals surface area (Å²) in [6.45, 7) is 0. The molecule has 0 aromatic heterocycles. The SMILES string of the molecule is Nc1c(Cl)cccc1Sc1ccc(F)cc1. The fraction of sp³-hybridized carbons (Fsp3) is 0. The van der Waals surface area contributed by atoms with Crippen LogP contribution in [0.1, 0.15) is 0 Å². The number of para-hydroxylation sites is 1. The molecule has 0 unspecified atom stereocenters. The summed E-state index contributed by atoms with van der Waals surface area (Å²) in [4.78, 5) is 1.80. The third kappa shape index (κ3) is 2.49. The maximum atomic E-state index is 12.7. The highest BCUT2D eigenvalue weighted by molar-refractivity contribution is 7.99. The highest BCUT2D eigenvalue weighted by Crippen LogP contribution is 2.35. The molecule has 0 atom stereocenters.